The van der Waals surface area contributed by atoms with Crippen molar-refractivity contribution in [1.82, 2.24) is 34.6 Å². The second kappa shape index (κ2) is 11.6. The summed E-state index contributed by atoms with van der Waals surface area (Å²) in [6.45, 7) is 7.97. The largest absolute Gasteiger partial charge is 0.449 e. The number of fused-ring (bicyclic) bond motifs is 2. The van der Waals surface area contributed by atoms with Gasteiger partial charge in [0.15, 0.2) is 11.5 Å². The van der Waals surface area contributed by atoms with Crippen molar-refractivity contribution >= 4 is 36.0 Å². The van der Waals surface area contributed by atoms with E-state index in [0.29, 0.717) is 58.2 Å². The zero-order valence-corrected chi connectivity index (χ0v) is 24.4. The number of aromatic nitrogens is 6. The van der Waals surface area contributed by atoms with Crippen molar-refractivity contribution < 1.29 is 18.3 Å². The summed E-state index contributed by atoms with van der Waals surface area (Å²) in [6.07, 6.45) is 5.28. The van der Waals surface area contributed by atoms with E-state index < -0.39 is 8.07 Å². The Morgan fingerprint density at radius 2 is 2.10 bits per heavy atom. The molecule has 4 aromatic heterocycles. The Labute approximate surface area is 237 Å². The minimum atomic E-state index is -1.26. The number of nitrogens with one attached hydrogen (secondary N) is 1. The number of oxazole rings is 1. The van der Waals surface area contributed by atoms with Crippen LogP contribution in [-0.4, -0.2) is 56.4 Å². The van der Waals surface area contributed by atoms with Crippen molar-refractivity contribution in [3.8, 4) is 17.5 Å². The van der Waals surface area contributed by atoms with Gasteiger partial charge in [0.25, 0.3) is 5.91 Å². The minimum absolute atomic E-state index is 0.164. The first-order chi connectivity index (χ1) is 19.6. The third-order valence-electron chi connectivity index (χ3n) is 6.58. The summed E-state index contributed by atoms with van der Waals surface area (Å²) in [5.74, 6) is -0.252. The average Bonchev–Trinajstić information content (AvgIpc) is 3.62. The van der Waals surface area contributed by atoms with Gasteiger partial charge in [-0.2, -0.15) is 10.4 Å². The number of aryl methyl sites for hydroxylation is 1. The second-order valence-electron chi connectivity index (χ2n) is 11.0. The summed E-state index contributed by atoms with van der Waals surface area (Å²) in [7, 11) is 0.473. The molecule has 0 bridgehead atoms. The molecule has 0 aliphatic carbocycles. The van der Waals surface area contributed by atoms with Gasteiger partial charge in [0.05, 0.1) is 35.5 Å². The zero-order chi connectivity index (χ0) is 29.1. The molecule has 0 spiro atoms. The fraction of sp³-hybridized carbons (Fsp3) is 0.357. The summed E-state index contributed by atoms with van der Waals surface area (Å²) >= 11 is 0. The Kier molecular flexibility index (Phi) is 7.96. The van der Waals surface area contributed by atoms with Gasteiger partial charge in [-0.05, 0) is 24.2 Å². The predicted octanol–water partition coefficient (Wildman–Crippen LogP) is 4.46. The fourth-order valence-corrected chi connectivity index (χ4v) is 5.15. The Balaban J connectivity index is 1.43. The number of nitriles is 1. The quantitative estimate of drug-likeness (QED) is 0.180. The van der Waals surface area contributed by atoms with E-state index in [1.54, 1.807) is 34.8 Å². The van der Waals surface area contributed by atoms with E-state index in [2.05, 4.69) is 40.0 Å². The molecular formula is C28H31FN8O3Si. The molecule has 5 rings (SSSR count). The molecule has 0 aliphatic rings. The van der Waals surface area contributed by atoms with Crippen LogP contribution in [0.5, 0.6) is 0 Å². The van der Waals surface area contributed by atoms with Gasteiger partial charge >= 0.3 is 0 Å². The molecule has 41 heavy (non-hydrogen) atoms. The van der Waals surface area contributed by atoms with Crippen LogP contribution < -0.4 is 5.32 Å². The van der Waals surface area contributed by atoms with Crippen molar-refractivity contribution in [2.45, 2.75) is 45.3 Å². The maximum absolute atomic E-state index is 13.9. The van der Waals surface area contributed by atoms with Gasteiger partial charge in [0.1, 0.15) is 35.7 Å². The molecule has 0 atom stereocenters. The van der Waals surface area contributed by atoms with Crippen LogP contribution in [-0.2, 0) is 31.4 Å². The van der Waals surface area contributed by atoms with Crippen molar-refractivity contribution in [1.29, 1.82) is 5.26 Å². The van der Waals surface area contributed by atoms with Crippen LogP contribution in [0.3, 0.4) is 0 Å². The second-order valence-corrected chi connectivity index (χ2v) is 16.6. The first-order valence-electron chi connectivity index (χ1n) is 13.3. The highest BCUT2D eigenvalue weighted by Crippen LogP contribution is 2.29. The molecule has 13 heteroatoms. The summed E-state index contributed by atoms with van der Waals surface area (Å²) in [5.41, 5.74) is 3.43. The Morgan fingerprint density at radius 3 is 2.88 bits per heavy atom. The summed E-state index contributed by atoms with van der Waals surface area (Å²) in [5, 5.41) is 17.0. The molecule has 0 unspecified atom stereocenters. The molecule has 11 nitrogen and oxygen atoms in total. The number of carbonyl (C=O) groups is 1. The van der Waals surface area contributed by atoms with Gasteiger partial charge < -0.3 is 19.0 Å². The van der Waals surface area contributed by atoms with Crippen LogP contribution in [0.1, 0.15) is 21.9 Å². The van der Waals surface area contributed by atoms with Crippen molar-refractivity contribution in [2.24, 2.45) is 7.05 Å². The number of amides is 1. The molecule has 212 valence electrons. The number of benzene rings is 1. The monoisotopic (exact) mass is 574 g/mol. The molecule has 4 heterocycles. The maximum atomic E-state index is 13.9. The maximum Gasteiger partial charge on any atom is 0.255 e. The molecule has 0 fully saturated rings. The SMILES string of the molecule is Cn1nc(-c2cnc3c(n2)c(C(=O)NCCc2nc(CC#N)co2)cn3COCC[Si](C)(C)C)c2ccc(F)cc21. The summed E-state index contributed by atoms with van der Waals surface area (Å²) in [4.78, 5) is 27.0. The first kappa shape index (κ1) is 28.1. The predicted molar refractivity (Wildman–Crippen MR) is 153 cm³/mol. The number of nitrogens with zero attached hydrogens (tertiary/aromatic N) is 7. The molecule has 5 aromatic rings. The molecule has 0 saturated carbocycles. The van der Waals surface area contributed by atoms with Gasteiger partial charge in [0.2, 0.25) is 0 Å². The van der Waals surface area contributed by atoms with E-state index in [9.17, 15) is 9.18 Å². The molecule has 0 radical (unpaired) electrons. The zero-order valence-electron chi connectivity index (χ0n) is 23.4. The number of rotatable bonds is 11. The van der Waals surface area contributed by atoms with E-state index in [-0.39, 0.29) is 31.4 Å². The van der Waals surface area contributed by atoms with Gasteiger partial charge in [0, 0.05) is 46.3 Å². The smallest absolute Gasteiger partial charge is 0.255 e. The topological polar surface area (TPSA) is 137 Å². The first-order valence-corrected chi connectivity index (χ1v) is 17.0. The Morgan fingerprint density at radius 1 is 1.27 bits per heavy atom. The highest BCUT2D eigenvalue weighted by molar-refractivity contribution is 6.76. The molecule has 0 saturated heterocycles. The number of halogens is 1. The van der Waals surface area contributed by atoms with Crippen molar-refractivity contribution in [2.75, 3.05) is 13.2 Å². The molecule has 1 N–H and O–H groups in total. The van der Waals surface area contributed by atoms with Gasteiger partial charge in [-0.1, -0.05) is 19.6 Å². The molecule has 1 amide bonds. The molecule has 0 aliphatic heterocycles. The lowest BCUT2D eigenvalue weighted by Gasteiger charge is -2.15. The Hall–Kier alpha value is -4.41. The van der Waals surface area contributed by atoms with E-state index >= 15 is 0 Å². The van der Waals surface area contributed by atoms with Crippen LogP contribution in [0, 0.1) is 17.1 Å². The number of hydrogen-bond acceptors (Lipinski definition) is 8. The van der Waals surface area contributed by atoms with Crippen molar-refractivity contribution in [3.05, 3.63) is 59.8 Å². The van der Waals surface area contributed by atoms with Gasteiger partial charge in [-0.3, -0.25) is 9.48 Å². The van der Waals surface area contributed by atoms with Crippen LogP contribution >= 0.6 is 0 Å². The van der Waals surface area contributed by atoms with Gasteiger partial charge in [-0.25, -0.2) is 19.3 Å². The fourth-order valence-electron chi connectivity index (χ4n) is 4.40. The van der Waals surface area contributed by atoms with E-state index in [4.69, 9.17) is 19.4 Å². The normalized spacial score (nSPS) is 11.8. The minimum Gasteiger partial charge on any atom is -0.449 e. The van der Waals surface area contributed by atoms with Gasteiger partial charge in [-0.15, -0.1) is 0 Å². The molecule has 1 aromatic carbocycles. The highest BCUT2D eigenvalue weighted by atomic mass is 28.3. The lowest BCUT2D eigenvalue weighted by atomic mass is 10.1. The van der Waals surface area contributed by atoms with E-state index in [0.717, 1.165) is 11.4 Å². The Bertz CT molecular complexity index is 1760. The van der Waals surface area contributed by atoms with E-state index in [1.807, 2.05) is 6.07 Å². The third-order valence-corrected chi connectivity index (χ3v) is 8.28. The van der Waals surface area contributed by atoms with Crippen LogP contribution in [0.25, 0.3) is 33.5 Å². The lowest BCUT2D eigenvalue weighted by molar-refractivity contribution is 0.0892. The van der Waals surface area contributed by atoms with Crippen molar-refractivity contribution in [3.63, 3.8) is 0 Å². The lowest BCUT2D eigenvalue weighted by Crippen LogP contribution is -2.25. The summed E-state index contributed by atoms with van der Waals surface area (Å²) in [6, 6.07) is 7.50. The highest BCUT2D eigenvalue weighted by Gasteiger charge is 2.21. The third kappa shape index (κ3) is 6.34. The van der Waals surface area contributed by atoms with E-state index in [1.165, 1.54) is 18.4 Å². The van der Waals surface area contributed by atoms with Crippen LogP contribution in [0.15, 0.2) is 41.3 Å². The number of ether oxygens (including phenoxy) is 1. The summed E-state index contributed by atoms with van der Waals surface area (Å²) < 4.78 is 28.6. The standard InChI is InChI=1S/C28H31FN8O3Si/c1-36-23-13-18(29)5-6-20(23)25(35-36)22-14-32-27-26(34-22)21(15-37(27)17-39-11-12-41(2,3)4)28(38)31-10-8-24-33-19(7-9-30)16-40-24/h5-6,13-16H,7-8,10-12,17H2,1-4H3,(H,31,38). The van der Waals surface area contributed by atoms with Crippen LogP contribution in [0.2, 0.25) is 25.7 Å². The molecular weight excluding hydrogens is 543 g/mol. The number of carbonyl (C=O) groups excluding carboxylic acids is 1. The van der Waals surface area contributed by atoms with Crippen LogP contribution in [0.4, 0.5) is 4.39 Å². The average molecular weight is 575 g/mol. The number of hydrogen-bond donors (Lipinski definition) is 1.